The fraction of sp³-hybridized carbons (Fsp3) is 0.368. The summed E-state index contributed by atoms with van der Waals surface area (Å²) in [5, 5.41) is 0. The van der Waals surface area contributed by atoms with Crippen molar-refractivity contribution in [1.29, 1.82) is 0 Å². The quantitative estimate of drug-likeness (QED) is 0.594. The number of rotatable bonds is 7. The Kier molecular flexibility index (Phi) is 7.49. The van der Waals surface area contributed by atoms with Crippen molar-refractivity contribution in [1.82, 2.24) is 0 Å². The molecule has 1 nitrogen and oxygen atoms in total. The van der Waals surface area contributed by atoms with Crippen LogP contribution >= 0.6 is 0 Å². The van der Waals surface area contributed by atoms with Gasteiger partial charge in [0.1, 0.15) is 0 Å². The molecule has 108 valence electrons. The Morgan fingerprint density at radius 2 is 1.75 bits per heavy atom. The lowest BCUT2D eigenvalue weighted by Crippen LogP contribution is -2.23. The molecule has 0 fully saturated rings. The van der Waals surface area contributed by atoms with E-state index in [1.54, 1.807) is 0 Å². The van der Waals surface area contributed by atoms with Crippen LogP contribution in [0.1, 0.15) is 39.7 Å². The van der Waals surface area contributed by atoms with Crippen molar-refractivity contribution in [3.63, 3.8) is 0 Å². The highest BCUT2D eigenvalue weighted by Crippen LogP contribution is 2.16. The first-order chi connectivity index (χ1) is 9.74. The maximum atomic E-state index is 2.41. The standard InChI is InChI=1S/C19H27N/c1-5-9-17(7-3)10-11-18-12-14-19(15-13-18)20(8-4)16-6-2/h5,7,9-15H,6,8,16H2,1-4H3/b9-5-,11-10+,17-7+. The zero-order valence-corrected chi connectivity index (χ0v) is 13.3. The van der Waals surface area contributed by atoms with Gasteiger partial charge in [-0.25, -0.2) is 0 Å². The van der Waals surface area contributed by atoms with Gasteiger partial charge in [0.05, 0.1) is 0 Å². The van der Waals surface area contributed by atoms with Crippen molar-refractivity contribution < 1.29 is 0 Å². The van der Waals surface area contributed by atoms with Crippen molar-refractivity contribution in [2.24, 2.45) is 0 Å². The second-order valence-electron chi connectivity index (χ2n) is 4.79. The molecule has 0 aliphatic carbocycles. The largest absolute Gasteiger partial charge is 0.372 e. The maximum absolute atomic E-state index is 2.41. The molecule has 1 rings (SSSR count). The van der Waals surface area contributed by atoms with Crippen molar-refractivity contribution in [2.75, 3.05) is 18.0 Å². The molecule has 0 bridgehead atoms. The number of nitrogens with zero attached hydrogens (tertiary/aromatic N) is 1. The number of allylic oxidation sites excluding steroid dienone is 5. The minimum atomic E-state index is 1.06. The van der Waals surface area contributed by atoms with E-state index in [0.29, 0.717) is 0 Å². The van der Waals surface area contributed by atoms with Crippen LogP contribution in [0.2, 0.25) is 0 Å². The molecule has 1 aromatic carbocycles. The van der Waals surface area contributed by atoms with Crippen molar-refractivity contribution in [2.45, 2.75) is 34.1 Å². The number of hydrogen-bond acceptors (Lipinski definition) is 1. The van der Waals surface area contributed by atoms with E-state index in [2.05, 4.69) is 80.3 Å². The Hall–Kier alpha value is -1.76. The van der Waals surface area contributed by atoms with Crippen molar-refractivity contribution in [3.8, 4) is 0 Å². The second-order valence-corrected chi connectivity index (χ2v) is 4.79. The van der Waals surface area contributed by atoms with Gasteiger partial charge in [-0.3, -0.25) is 0 Å². The molecular formula is C19H27N. The molecule has 0 aromatic heterocycles. The molecule has 1 aromatic rings. The minimum Gasteiger partial charge on any atom is -0.372 e. The zero-order valence-electron chi connectivity index (χ0n) is 13.3. The van der Waals surface area contributed by atoms with E-state index in [0.717, 1.165) is 13.1 Å². The first-order valence-corrected chi connectivity index (χ1v) is 7.57. The monoisotopic (exact) mass is 269 g/mol. The van der Waals surface area contributed by atoms with E-state index in [1.807, 2.05) is 6.92 Å². The number of hydrogen-bond donors (Lipinski definition) is 0. The summed E-state index contributed by atoms with van der Waals surface area (Å²) in [4.78, 5) is 2.41. The van der Waals surface area contributed by atoms with Crippen LogP contribution in [-0.4, -0.2) is 13.1 Å². The van der Waals surface area contributed by atoms with Crippen LogP contribution in [0.3, 0.4) is 0 Å². The van der Waals surface area contributed by atoms with Gasteiger partial charge in [0, 0.05) is 18.8 Å². The molecule has 0 saturated heterocycles. The molecule has 0 amide bonds. The summed E-state index contributed by atoms with van der Waals surface area (Å²) in [7, 11) is 0. The SMILES string of the molecule is C\C=C/C(/C=C/c1ccc(N(CC)CCC)cc1)=C\C. The topological polar surface area (TPSA) is 3.24 Å². The van der Waals surface area contributed by atoms with E-state index in [-0.39, 0.29) is 0 Å². The van der Waals surface area contributed by atoms with Gasteiger partial charge < -0.3 is 4.90 Å². The number of benzene rings is 1. The molecule has 0 unspecified atom stereocenters. The van der Waals surface area contributed by atoms with Gasteiger partial charge in [0.25, 0.3) is 0 Å². The third kappa shape index (κ3) is 5.08. The Morgan fingerprint density at radius 1 is 1.05 bits per heavy atom. The van der Waals surface area contributed by atoms with E-state index >= 15 is 0 Å². The highest BCUT2D eigenvalue weighted by Gasteiger charge is 2.01. The van der Waals surface area contributed by atoms with E-state index in [4.69, 9.17) is 0 Å². The third-order valence-electron chi connectivity index (χ3n) is 3.29. The third-order valence-corrected chi connectivity index (χ3v) is 3.29. The predicted molar refractivity (Wildman–Crippen MR) is 92.2 cm³/mol. The van der Waals surface area contributed by atoms with Crippen LogP contribution in [0.25, 0.3) is 6.08 Å². The van der Waals surface area contributed by atoms with E-state index in [9.17, 15) is 0 Å². The van der Waals surface area contributed by atoms with Crippen LogP contribution < -0.4 is 4.90 Å². The van der Waals surface area contributed by atoms with Gasteiger partial charge in [-0.05, 0) is 50.5 Å². The molecule has 20 heavy (non-hydrogen) atoms. The summed E-state index contributed by atoms with van der Waals surface area (Å²) in [5.74, 6) is 0. The van der Waals surface area contributed by atoms with Crippen LogP contribution in [0, 0.1) is 0 Å². The average molecular weight is 269 g/mol. The number of anilines is 1. The summed E-state index contributed by atoms with van der Waals surface area (Å²) >= 11 is 0. The normalized spacial score (nSPS) is 12.5. The average Bonchev–Trinajstić information content (AvgIpc) is 2.49. The Balaban J connectivity index is 2.78. The summed E-state index contributed by atoms with van der Waals surface area (Å²) in [6.07, 6.45) is 11.8. The van der Waals surface area contributed by atoms with Crippen LogP contribution in [-0.2, 0) is 0 Å². The lowest BCUT2D eigenvalue weighted by atomic mass is 10.1. The smallest absolute Gasteiger partial charge is 0.0366 e. The molecular weight excluding hydrogens is 242 g/mol. The molecule has 0 aliphatic heterocycles. The lowest BCUT2D eigenvalue weighted by Gasteiger charge is -2.22. The lowest BCUT2D eigenvalue weighted by molar-refractivity contribution is 0.792. The first kappa shape index (κ1) is 16.3. The van der Waals surface area contributed by atoms with Crippen molar-refractivity contribution in [3.05, 3.63) is 59.7 Å². The van der Waals surface area contributed by atoms with Gasteiger partial charge in [-0.2, -0.15) is 0 Å². The molecule has 0 radical (unpaired) electrons. The van der Waals surface area contributed by atoms with E-state index < -0.39 is 0 Å². The van der Waals surface area contributed by atoms with E-state index in [1.165, 1.54) is 23.2 Å². The minimum absolute atomic E-state index is 1.06. The summed E-state index contributed by atoms with van der Waals surface area (Å²) in [6.45, 7) is 10.7. The molecule has 0 saturated carbocycles. The van der Waals surface area contributed by atoms with Gasteiger partial charge >= 0.3 is 0 Å². The fourth-order valence-electron chi connectivity index (χ4n) is 2.17. The Morgan fingerprint density at radius 3 is 2.25 bits per heavy atom. The van der Waals surface area contributed by atoms with Gasteiger partial charge in [-0.1, -0.05) is 49.4 Å². The first-order valence-electron chi connectivity index (χ1n) is 7.57. The highest BCUT2D eigenvalue weighted by atomic mass is 15.1. The van der Waals surface area contributed by atoms with Gasteiger partial charge in [0.2, 0.25) is 0 Å². The molecule has 1 heteroatoms. The fourth-order valence-corrected chi connectivity index (χ4v) is 2.17. The van der Waals surface area contributed by atoms with Crippen LogP contribution in [0.5, 0.6) is 0 Å². The highest BCUT2D eigenvalue weighted by molar-refractivity contribution is 5.58. The molecule has 0 heterocycles. The molecule has 0 N–H and O–H groups in total. The Bertz CT molecular complexity index is 463. The van der Waals surface area contributed by atoms with Crippen LogP contribution in [0.15, 0.2) is 54.1 Å². The zero-order chi connectivity index (χ0) is 14.8. The molecule has 0 atom stereocenters. The summed E-state index contributed by atoms with van der Waals surface area (Å²) < 4.78 is 0. The molecule has 0 aliphatic rings. The maximum Gasteiger partial charge on any atom is 0.0366 e. The van der Waals surface area contributed by atoms with Gasteiger partial charge in [0.15, 0.2) is 0 Å². The summed E-state index contributed by atoms with van der Waals surface area (Å²) in [6, 6.07) is 8.80. The molecule has 0 spiro atoms. The van der Waals surface area contributed by atoms with Crippen LogP contribution in [0.4, 0.5) is 5.69 Å². The summed E-state index contributed by atoms with van der Waals surface area (Å²) in [5.41, 5.74) is 3.79. The Labute approximate surface area is 124 Å². The second kappa shape index (κ2) is 9.19. The van der Waals surface area contributed by atoms with Gasteiger partial charge in [-0.15, -0.1) is 0 Å². The van der Waals surface area contributed by atoms with Crippen molar-refractivity contribution >= 4 is 11.8 Å². The predicted octanol–water partition coefficient (Wildman–Crippen LogP) is 5.46.